The average Bonchev–Trinajstić information content (AvgIpc) is 2.74. The topological polar surface area (TPSA) is 55.6 Å². The number of rotatable bonds is 4. The lowest BCUT2D eigenvalue weighted by Crippen LogP contribution is -2.11. The van der Waals surface area contributed by atoms with Gasteiger partial charge in [0.15, 0.2) is 0 Å². The van der Waals surface area contributed by atoms with Gasteiger partial charge in [-0.3, -0.25) is 4.68 Å². The zero-order chi connectivity index (χ0) is 10.5. The summed E-state index contributed by atoms with van der Waals surface area (Å²) in [4.78, 5) is 0. The van der Waals surface area contributed by atoms with Gasteiger partial charge in [-0.2, -0.15) is 10.2 Å². The first-order valence-corrected chi connectivity index (χ1v) is 4.86. The third kappa shape index (κ3) is 2.77. The van der Waals surface area contributed by atoms with Gasteiger partial charge >= 0.3 is 0 Å². The smallest absolute Gasteiger partial charge is 0.148 e. The van der Waals surface area contributed by atoms with Crippen molar-refractivity contribution in [1.82, 2.24) is 20.0 Å². The molecule has 1 N–H and O–H groups in total. The molecule has 0 amide bonds. The Labute approximate surface area is 88.1 Å². The van der Waals surface area contributed by atoms with Gasteiger partial charge in [0.2, 0.25) is 0 Å². The van der Waals surface area contributed by atoms with Gasteiger partial charge in [-0.15, -0.1) is 5.10 Å². The van der Waals surface area contributed by atoms with Crippen molar-refractivity contribution >= 4 is 5.82 Å². The summed E-state index contributed by atoms with van der Waals surface area (Å²) >= 11 is 0. The van der Waals surface area contributed by atoms with E-state index >= 15 is 0 Å². The summed E-state index contributed by atoms with van der Waals surface area (Å²) in [5, 5.41) is 15.2. The molecule has 0 fully saturated rings. The standard InChI is InChI=1S/C10H13N5/c1-9-3-4-10(14-13-9)11-6-8-15-7-2-5-12-15/h2-5,7H,6,8H2,1H3,(H,11,14). The van der Waals surface area contributed by atoms with Crippen LogP contribution in [0.25, 0.3) is 0 Å². The SMILES string of the molecule is Cc1ccc(NCCn2cccn2)nn1. The second-order valence-electron chi connectivity index (χ2n) is 3.26. The molecule has 0 aliphatic carbocycles. The molecular formula is C10H13N5. The van der Waals surface area contributed by atoms with Crippen LogP contribution in [0.1, 0.15) is 5.69 Å². The molecule has 5 heteroatoms. The molecule has 78 valence electrons. The monoisotopic (exact) mass is 203 g/mol. The number of nitrogens with zero attached hydrogens (tertiary/aromatic N) is 4. The fourth-order valence-electron chi connectivity index (χ4n) is 1.22. The molecule has 0 saturated carbocycles. The first-order valence-electron chi connectivity index (χ1n) is 4.86. The zero-order valence-electron chi connectivity index (χ0n) is 8.59. The van der Waals surface area contributed by atoms with Crippen LogP contribution in [0.3, 0.4) is 0 Å². The van der Waals surface area contributed by atoms with E-state index in [4.69, 9.17) is 0 Å². The summed E-state index contributed by atoms with van der Waals surface area (Å²) in [6.07, 6.45) is 3.70. The average molecular weight is 203 g/mol. The highest BCUT2D eigenvalue weighted by atomic mass is 15.3. The maximum atomic E-state index is 4.10. The van der Waals surface area contributed by atoms with Gasteiger partial charge in [0.05, 0.1) is 12.2 Å². The number of anilines is 1. The molecule has 2 heterocycles. The van der Waals surface area contributed by atoms with Gasteiger partial charge in [0.1, 0.15) is 5.82 Å². The quantitative estimate of drug-likeness (QED) is 0.808. The van der Waals surface area contributed by atoms with Crippen molar-refractivity contribution in [3.05, 3.63) is 36.3 Å². The molecule has 0 aromatic carbocycles. The third-order valence-electron chi connectivity index (χ3n) is 2.00. The van der Waals surface area contributed by atoms with E-state index in [1.165, 1.54) is 0 Å². The van der Waals surface area contributed by atoms with E-state index in [-0.39, 0.29) is 0 Å². The van der Waals surface area contributed by atoms with Crippen LogP contribution in [0.5, 0.6) is 0 Å². The van der Waals surface area contributed by atoms with E-state index in [9.17, 15) is 0 Å². The van der Waals surface area contributed by atoms with Crippen molar-refractivity contribution in [2.24, 2.45) is 0 Å². The largest absolute Gasteiger partial charge is 0.367 e. The lowest BCUT2D eigenvalue weighted by molar-refractivity contribution is 0.636. The minimum absolute atomic E-state index is 0.791. The Kier molecular flexibility index (Phi) is 2.92. The lowest BCUT2D eigenvalue weighted by atomic mass is 10.4. The fourth-order valence-corrected chi connectivity index (χ4v) is 1.22. The van der Waals surface area contributed by atoms with Crippen molar-refractivity contribution in [1.29, 1.82) is 0 Å². The predicted molar refractivity (Wildman–Crippen MR) is 57.5 cm³/mol. The van der Waals surface area contributed by atoms with Crippen LogP contribution in [0, 0.1) is 6.92 Å². The fraction of sp³-hybridized carbons (Fsp3) is 0.300. The highest BCUT2D eigenvalue weighted by Crippen LogP contribution is 2.00. The van der Waals surface area contributed by atoms with E-state index in [2.05, 4.69) is 20.6 Å². The van der Waals surface area contributed by atoms with Crippen LogP contribution in [-0.4, -0.2) is 26.5 Å². The molecule has 0 unspecified atom stereocenters. The Bertz CT molecular complexity index is 392. The number of hydrogen-bond acceptors (Lipinski definition) is 4. The highest BCUT2D eigenvalue weighted by molar-refractivity contribution is 5.32. The molecule has 0 bridgehead atoms. The summed E-state index contributed by atoms with van der Waals surface area (Å²) in [5.41, 5.74) is 0.924. The van der Waals surface area contributed by atoms with Crippen LogP contribution >= 0.6 is 0 Å². The highest BCUT2D eigenvalue weighted by Gasteiger charge is 1.94. The maximum Gasteiger partial charge on any atom is 0.148 e. The number of aryl methyl sites for hydroxylation is 1. The summed E-state index contributed by atoms with van der Waals surface area (Å²) in [6.45, 7) is 3.53. The summed E-state index contributed by atoms with van der Waals surface area (Å²) < 4.78 is 1.87. The molecule has 0 spiro atoms. The first-order chi connectivity index (χ1) is 7.34. The van der Waals surface area contributed by atoms with Gasteiger partial charge in [0, 0.05) is 18.9 Å². The molecule has 5 nitrogen and oxygen atoms in total. The van der Waals surface area contributed by atoms with E-state index in [0.717, 1.165) is 24.6 Å². The normalized spacial score (nSPS) is 10.2. The molecular weight excluding hydrogens is 190 g/mol. The molecule has 0 saturated heterocycles. The van der Waals surface area contributed by atoms with Crippen LogP contribution in [0.2, 0.25) is 0 Å². The minimum Gasteiger partial charge on any atom is -0.367 e. The van der Waals surface area contributed by atoms with Crippen molar-refractivity contribution in [3.63, 3.8) is 0 Å². The Morgan fingerprint density at radius 2 is 2.27 bits per heavy atom. The molecule has 2 aromatic rings. The van der Waals surface area contributed by atoms with Gasteiger partial charge in [-0.1, -0.05) is 0 Å². The molecule has 0 aliphatic heterocycles. The number of aromatic nitrogens is 4. The van der Waals surface area contributed by atoms with Crippen LogP contribution in [0.15, 0.2) is 30.6 Å². The minimum atomic E-state index is 0.791. The van der Waals surface area contributed by atoms with Crippen molar-refractivity contribution in [3.8, 4) is 0 Å². The summed E-state index contributed by atoms with van der Waals surface area (Å²) in [5.74, 6) is 0.799. The molecule has 2 rings (SSSR count). The van der Waals surface area contributed by atoms with E-state index in [0.29, 0.717) is 0 Å². The van der Waals surface area contributed by atoms with Crippen LogP contribution in [0.4, 0.5) is 5.82 Å². The maximum absolute atomic E-state index is 4.10. The summed E-state index contributed by atoms with van der Waals surface area (Å²) in [7, 11) is 0. The van der Waals surface area contributed by atoms with Crippen molar-refractivity contribution in [2.45, 2.75) is 13.5 Å². The Hall–Kier alpha value is -1.91. The third-order valence-corrected chi connectivity index (χ3v) is 2.00. The lowest BCUT2D eigenvalue weighted by Gasteiger charge is -2.04. The van der Waals surface area contributed by atoms with E-state index in [1.807, 2.05) is 36.0 Å². The second kappa shape index (κ2) is 4.54. The molecule has 0 radical (unpaired) electrons. The molecule has 0 atom stereocenters. The van der Waals surface area contributed by atoms with Gasteiger partial charge in [-0.05, 0) is 25.1 Å². The van der Waals surface area contributed by atoms with Crippen LogP contribution < -0.4 is 5.32 Å². The molecule has 0 aliphatic rings. The molecule has 2 aromatic heterocycles. The Morgan fingerprint density at radius 3 is 2.93 bits per heavy atom. The second-order valence-corrected chi connectivity index (χ2v) is 3.26. The summed E-state index contributed by atoms with van der Waals surface area (Å²) in [6, 6.07) is 5.76. The van der Waals surface area contributed by atoms with Gasteiger partial charge < -0.3 is 5.32 Å². The number of nitrogens with one attached hydrogen (secondary N) is 1. The van der Waals surface area contributed by atoms with Gasteiger partial charge in [0.25, 0.3) is 0 Å². The van der Waals surface area contributed by atoms with Crippen molar-refractivity contribution in [2.75, 3.05) is 11.9 Å². The Balaban J connectivity index is 1.81. The Morgan fingerprint density at radius 1 is 1.33 bits per heavy atom. The van der Waals surface area contributed by atoms with Crippen LogP contribution in [-0.2, 0) is 6.54 Å². The van der Waals surface area contributed by atoms with E-state index in [1.54, 1.807) is 6.20 Å². The van der Waals surface area contributed by atoms with Crippen molar-refractivity contribution < 1.29 is 0 Å². The number of hydrogen-bond donors (Lipinski definition) is 1. The predicted octanol–water partition coefficient (Wildman–Crippen LogP) is 1.09. The van der Waals surface area contributed by atoms with E-state index < -0.39 is 0 Å². The van der Waals surface area contributed by atoms with Gasteiger partial charge in [-0.25, -0.2) is 0 Å². The first kappa shape index (κ1) is 9.64. The molecule has 15 heavy (non-hydrogen) atoms. The zero-order valence-corrected chi connectivity index (χ0v) is 8.59.